The quantitative estimate of drug-likeness (QED) is 0.295. The number of thioether (sulfide) groups is 1. The first-order valence-electron chi connectivity index (χ1n) is 12.4. The minimum Gasteiger partial charge on any atom is -0.345 e. The van der Waals surface area contributed by atoms with Gasteiger partial charge in [-0.25, -0.2) is 0 Å². The van der Waals surface area contributed by atoms with Crippen molar-refractivity contribution in [2.45, 2.75) is 51.3 Å². The Morgan fingerprint density at radius 3 is 2.32 bits per heavy atom. The van der Waals surface area contributed by atoms with Gasteiger partial charge in [-0.05, 0) is 55.0 Å². The maximum Gasteiger partial charge on any atom is 0.265 e. The topological polar surface area (TPSA) is 73.2 Å². The van der Waals surface area contributed by atoms with Crippen LogP contribution >= 0.6 is 11.8 Å². The fourth-order valence-corrected chi connectivity index (χ4v) is 5.69. The Hall–Kier alpha value is -3.82. The number of nitrogens with zero attached hydrogens (tertiary/aromatic N) is 2. The van der Waals surface area contributed by atoms with Crippen LogP contribution in [-0.2, 0) is 16.0 Å². The number of carbonyl (C=O) groups excluding carboxylic acids is 2. The third kappa shape index (κ3) is 5.95. The van der Waals surface area contributed by atoms with Crippen molar-refractivity contribution in [3.63, 3.8) is 0 Å². The molecule has 2 unspecified atom stereocenters. The molecule has 37 heavy (non-hydrogen) atoms. The standard InChI is InChI=1S/C31H31N3O2S/c1-20(2)24-13-15-26(16-14-24)34-30(36)28(18-23-10-8-9-21(3)17-23)37-31(34)27(19-32)29(35)33-22(4)25-11-6-5-7-12-25/h5-17,20,22,28H,18H2,1-4H3,(H,33,35)/b31-27-. The Labute approximate surface area is 223 Å². The van der Waals surface area contributed by atoms with Gasteiger partial charge in [-0.1, -0.05) is 97.9 Å². The van der Waals surface area contributed by atoms with Gasteiger partial charge < -0.3 is 5.32 Å². The van der Waals surface area contributed by atoms with Gasteiger partial charge in [0.15, 0.2) is 0 Å². The molecule has 1 saturated heterocycles. The second kappa shape index (κ2) is 11.5. The van der Waals surface area contributed by atoms with Crippen LogP contribution in [0.2, 0.25) is 0 Å². The predicted octanol–water partition coefficient (Wildman–Crippen LogP) is 6.42. The first kappa shape index (κ1) is 26.2. The Balaban J connectivity index is 1.71. The molecule has 0 spiro atoms. The molecule has 1 aliphatic rings. The van der Waals surface area contributed by atoms with E-state index >= 15 is 0 Å². The fraction of sp³-hybridized carbons (Fsp3) is 0.258. The molecule has 3 aromatic rings. The summed E-state index contributed by atoms with van der Waals surface area (Å²) < 4.78 is 0. The molecule has 6 heteroatoms. The number of aryl methyl sites for hydroxylation is 1. The van der Waals surface area contributed by atoms with Gasteiger partial charge in [0.2, 0.25) is 5.91 Å². The summed E-state index contributed by atoms with van der Waals surface area (Å²) in [4.78, 5) is 28.6. The highest BCUT2D eigenvalue weighted by Crippen LogP contribution is 2.42. The first-order chi connectivity index (χ1) is 17.8. The second-order valence-electron chi connectivity index (χ2n) is 9.62. The molecule has 0 aliphatic carbocycles. The minimum atomic E-state index is -0.492. The third-order valence-corrected chi connectivity index (χ3v) is 7.74. The molecular weight excluding hydrogens is 478 g/mol. The van der Waals surface area contributed by atoms with E-state index in [-0.39, 0.29) is 17.5 Å². The Morgan fingerprint density at radius 1 is 1.00 bits per heavy atom. The van der Waals surface area contributed by atoms with Crippen LogP contribution in [0.15, 0.2) is 89.5 Å². The highest BCUT2D eigenvalue weighted by atomic mass is 32.2. The van der Waals surface area contributed by atoms with Crippen LogP contribution in [-0.4, -0.2) is 17.1 Å². The van der Waals surface area contributed by atoms with Crippen molar-refractivity contribution in [1.29, 1.82) is 5.26 Å². The average molecular weight is 510 g/mol. The van der Waals surface area contributed by atoms with Crippen LogP contribution in [0.5, 0.6) is 0 Å². The number of carbonyl (C=O) groups is 2. The summed E-state index contributed by atoms with van der Waals surface area (Å²) in [7, 11) is 0. The van der Waals surface area contributed by atoms with E-state index in [9.17, 15) is 14.9 Å². The van der Waals surface area contributed by atoms with Gasteiger partial charge in [0, 0.05) is 5.69 Å². The molecule has 1 heterocycles. The van der Waals surface area contributed by atoms with Crippen LogP contribution in [0, 0.1) is 18.3 Å². The lowest BCUT2D eigenvalue weighted by Crippen LogP contribution is -2.32. The molecule has 4 rings (SSSR count). The van der Waals surface area contributed by atoms with E-state index in [1.54, 1.807) is 4.90 Å². The van der Waals surface area contributed by atoms with Crippen molar-refractivity contribution in [3.05, 3.63) is 112 Å². The number of nitrogens with one attached hydrogen (secondary N) is 1. The molecule has 2 amide bonds. The van der Waals surface area contributed by atoms with Crippen molar-refractivity contribution in [3.8, 4) is 6.07 Å². The summed E-state index contributed by atoms with van der Waals surface area (Å²) in [5.41, 5.74) is 4.85. The smallest absolute Gasteiger partial charge is 0.265 e. The highest BCUT2D eigenvalue weighted by Gasteiger charge is 2.41. The van der Waals surface area contributed by atoms with Crippen molar-refractivity contribution in [2.75, 3.05) is 4.90 Å². The van der Waals surface area contributed by atoms with Gasteiger partial charge in [0.1, 0.15) is 16.7 Å². The zero-order valence-corrected chi connectivity index (χ0v) is 22.4. The number of amides is 2. The minimum absolute atomic E-state index is 0.0548. The maximum atomic E-state index is 13.7. The molecule has 188 valence electrons. The van der Waals surface area contributed by atoms with Crippen molar-refractivity contribution < 1.29 is 9.59 Å². The predicted molar refractivity (Wildman–Crippen MR) is 150 cm³/mol. The first-order valence-corrected chi connectivity index (χ1v) is 13.3. The average Bonchev–Trinajstić information content (AvgIpc) is 3.20. The summed E-state index contributed by atoms with van der Waals surface area (Å²) in [5, 5.41) is 13.0. The van der Waals surface area contributed by atoms with E-state index in [1.807, 2.05) is 86.6 Å². The van der Waals surface area contributed by atoms with Gasteiger partial charge in [0.25, 0.3) is 5.91 Å². The van der Waals surface area contributed by atoms with Gasteiger partial charge in [-0.2, -0.15) is 5.26 Å². The number of hydrogen-bond donors (Lipinski definition) is 1. The van der Waals surface area contributed by atoms with E-state index in [0.29, 0.717) is 23.1 Å². The number of hydrogen-bond acceptors (Lipinski definition) is 4. The lowest BCUT2D eigenvalue weighted by Gasteiger charge is -2.20. The molecule has 1 fully saturated rings. The summed E-state index contributed by atoms with van der Waals surface area (Å²) in [5.74, 6) is -0.272. The normalized spacial score (nSPS) is 17.5. The summed E-state index contributed by atoms with van der Waals surface area (Å²) in [6.45, 7) is 8.12. The van der Waals surface area contributed by atoms with Crippen LogP contribution < -0.4 is 10.2 Å². The monoisotopic (exact) mass is 509 g/mol. The molecule has 3 aromatic carbocycles. The largest absolute Gasteiger partial charge is 0.345 e. The lowest BCUT2D eigenvalue weighted by molar-refractivity contribution is -0.117. The number of rotatable bonds is 7. The fourth-order valence-electron chi connectivity index (χ4n) is 4.38. The van der Waals surface area contributed by atoms with E-state index in [2.05, 4.69) is 31.3 Å². The van der Waals surface area contributed by atoms with Gasteiger partial charge in [-0.3, -0.25) is 14.5 Å². The Kier molecular flexibility index (Phi) is 8.15. The van der Waals surface area contributed by atoms with E-state index in [0.717, 1.165) is 22.3 Å². The maximum absolute atomic E-state index is 13.7. The molecule has 1 N–H and O–H groups in total. The zero-order valence-electron chi connectivity index (χ0n) is 21.6. The summed E-state index contributed by atoms with van der Waals surface area (Å²) in [6.07, 6.45) is 0.510. The molecule has 0 aromatic heterocycles. The van der Waals surface area contributed by atoms with Gasteiger partial charge in [0.05, 0.1) is 11.3 Å². The van der Waals surface area contributed by atoms with Gasteiger partial charge in [-0.15, -0.1) is 0 Å². The van der Waals surface area contributed by atoms with Crippen LogP contribution in [0.4, 0.5) is 5.69 Å². The van der Waals surface area contributed by atoms with E-state index in [1.165, 1.54) is 11.8 Å². The van der Waals surface area contributed by atoms with Crippen LogP contribution in [0.1, 0.15) is 55.0 Å². The summed E-state index contributed by atoms with van der Waals surface area (Å²) >= 11 is 1.29. The van der Waals surface area contributed by atoms with Crippen molar-refractivity contribution in [2.24, 2.45) is 0 Å². The second-order valence-corrected chi connectivity index (χ2v) is 10.8. The Bertz CT molecular complexity index is 1360. The molecule has 2 atom stereocenters. The van der Waals surface area contributed by atoms with Crippen molar-refractivity contribution >= 4 is 29.3 Å². The molecule has 1 aliphatic heterocycles. The molecular formula is C31H31N3O2S. The summed E-state index contributed by atoms with van der Waals surface area (Å²) in [6, 6.07) is 27.2. The molecule has 0 bridgehead atoms. The highest BCUT2D eigenvalue weighted by molar-refractivity contribution is 8.05. The van der Waals surface area contributed by atoms with Gasteiger partial charge >= 0.3 is 0 Å². The van der Waals surface area contributed by atoms with E-state index in [4.69, 9.17) is 0 Å². The number of anilines is 1. The zero-order chi connectivity index (χ0) is 26.5. The van der Waals surface area contributed by atoms with Crippen molar-refractivity contribution in [1.82, 2.24) is 5.32 Å². The van der Waals surface area contributed by atoms with Crippen LogP contribution in [0.3, 0.4) is 0 Å². The number of benzene rings is 3. The lowest BCUT2D eigenvalue weighted by atomic mass is 10.0. The Morgan fingerprint density at radius 2 is 1.70 bits per heavy atom. The van der Waals surface area contributed by atoms with Crippen LogP contribution in [0.25, 0.3) is 0 Å². The third-order valence-electron chi connectivity index (χ3n) is 6.47. The van der Waals surface area contributed by atoms with E-state index < -0.39 is 11.2 Å². The molecule has 0 saturated carbocycles. The molecule has 5 nitrogen and oxygen atoms in total. The number of nitriles is 1. The molecule has 0 radical (unpaired) electrons. The SMILES string of the molecule is Cc1cccc(CC2S/C(=C(/C#N)C(=O)NC(C)c3ccccc3)N(c3ccc(C(C)C)cc3)C2=O)c1.